The predicted octanol–water partition coefficient (Wildman–Crippen LogP) is 1.24. The van der Waals surface area contributed by atoms with E-state index in [4.69, 9.17) is 10.5 Å². The Bertz CT molecular complexity index is 246. The summed E-state index contributed by atoms with van der Waals surface area (Å²) in [6.07, 6.45) is 3.20. The molecule has 1 saturated carbocycles. The Morgan fingerprint density at radius 3 is 2.82 bits per heavy atom. The summed E-state index contributed by atoms with van der Waals surface area (Å²) in [6, 6.07) is 0.0193. The summed E-state index contributed by atoms with van der Waals surface area (Å²) < 4.78 is 5.26. The van der Waals surface area contributed by atoms with Gasteiger partial charge in [-0.2, -0.15) is 0 Å². The van der Waals surface area contributed by atoms with Crippen molar-refractivity contribution in [1.82, 2.24) is 4.90 Å². The molecule has 0 radical (unpaired) electrons. The molecule has 17 heavy (non-hydrogen) atoms. The van der Waals surface area contributed by atoms with Gasteiger partial charge in [0.05, 0.1) is 12.5 Å². The molecule has 0 aliphatic heterocycles. The molecule has 2 N–H and O–H groups in total. The summed E-state index contributed by atoms with van der Waals surface area (Å²) in [4.78, 5) is 14.0. The molecule has 0 aromatic carbocycles. The molecule has 1 amide bonds. The summed E-state index contributed by atoms with van der Waals surface area (Å²) >= 11 is 0. The van der Waals surface area contributed by atoms with Gasteiger partial charge >= 0.3 is 0 Å². The van der Waals surface area contributed by atoms with Gasteiger partial charge in [0, 0.05) is 26.2 Å². The lowest BCUT2D eigenvalue weighted by Crippen LogP contribution is -2.48. The van der Waals surface area contributed by atoms with Gasteiger partial charge in [0.25, 0.3) is 0 Å². The lowest BCUT2D eigenvalue weighted by Gasteiger charge is -2.35. The second-order valence-corrected chi connectivity index (χ2v) is 5.05. The summed E-state index contributed by atoms with van der Waals surface area (Å²) in [5, 5.41) is 0. The molecule has 100 valence electrons. The molecule has 3 atom stereocenters. The van der Waals surface area contributed by atoms with Gasteiger partial charge in [0.15, 0.2) is 0 Å². The summed E-state index contributed by atoms with van der Waals surface area (Å²) in [5.41, 5.74) is 6.14. The third-order valence-corrected chi connectivity index (χ3v) is 3.76. The molecule has 0 bridgehead atoms. The highest BCUT2D eigenvalue weighted by Gasteiger charge is 2.34. The topological polar surface area (TPSA) is 55.6 Å². The van der Waals surface area contributed by atoms with Crippen LogP contribution in [0.15, 0.2) is 0 Å². The van der Waals surface area contributed by atoms with E-state index in [-0.39, 0.29) is 17.9 Å². The zero-order valence-corrected chi connectivity index (χ0v) is 11.3. The number of rotatable bonds is 5. The van der Waals surface area contributed by atoms with E-state index >= 15 is 0 Å². The first kappa shape index (κ1) is 14.5. The molecule has 1 aliphatic carbocycles. The van der Waals surface area contributed by atoms with E-state index in [0.717, 1.165) is 19.3 Å². The Hall–Kier alpha value is -0.610. The third-order valence-electron chi connectivity index (χ3n) is 3.76. The summed E-state index contributed by atoms with van der Waals surface area (Å²) in [5.74, 6) is 0.645. The van der Waals surface area contributed by atoms with E-state index in [0.29, 0.717) is 25.7 Å². The Labute approximate surface area is 104 Å². The zero-order valence-electron chi connectivity index (χ0n) is 11.3. The van der Waals surface area contributed by atoms with Crippen molar-refractivity contribution < 1.29 is 9.53 Å². The van der Waals surface area contributed by atoms with Crippen molar-refractivity contribution in [2.75, 3.05) is 26.8 Å². The smallest absolute Gasteiger partial charge is 0.227 e. The Balaban J connectivity index is 2.44. The molecule has 0 saturated heterocycles. The van der Waals surface area contributed by atoms with Crippen LogP contribution < -0.4 is 5.73 Å². The molecule has 1 aliphatic rings. The van der Waals surface area contributed by atoms with Crippen molar-refractivity contribution in [3.8, 4) is 0 Å². The first-order valence-electron chi connectivity index (χ1n) is 6.66. The van der Waals surface area contributed by atoms with Crippen LogP contribution in [0, 0.1) is 11.8 Å². The highest BCUT2D eigenvalue weighted by atomic mass is 16.5. The van der Waals surface area contributed by atoms with Crippen molar-refractivity contribution >= 4 is 5.91 Å². The van der Waals surface area contributed by atoms with Crippen molar-refractivity contribution in [3.05, 3.63) is 0 Å². The maximum atomic E-state index is 12.2. The number of nitrogens with two attached hydrogens (primary N) is 1. The van der Waals surface area contributed by atoms with Gasteiger partial charge in [0.2, 0.25) is 5.91 Å². The van der Waals surface area contributed by atoms with Crippen molar-refractivity contribution in [1.29, 1.82) is 0 Å². The van der Waals surface area contributed by atoms with Crippen LogP contribution in [0.2, 0.25) is 0 Å². The van der Waals surface area contributed by atoms with E-state index in [1.165, 1.54) is 0 Å². The molecular formula is C13H26N2O2. The van der Waals surface area contributed by atoms with Gasteiger partial charge in [-0.25, -0.2) is 0 Å². The number of carbonyl (C=O) groups excluding carboxylic acids is 1. The molecule has 3 unspecified atom stereocenters. The molecule has 1 fully saturated rings. The van der Waals surface area contributed by atoms with Gasteiger partial charge in [-0.1, -0.05) is 13.3 Å². The van der Waals surface area contributed by atoms with Gasteiger partial charge in [-0.05, 0) is 25.7 Å². The predicted molar refractivity (Wildman–Crippen MR) is 68.6 cm³/mol. The van der Waals surface area contributed by atoms with Crippen LogP contribution in [0.25, 0.3) is 0 Å². The first-order valence-corrected chi connectivity index (χ1v) is 6.66. The monoisotopic (exact) mass is 242 g/mol. The fraction of sp³-hybridized carbons (Fsp3) is 0.923. The van der Waals surface area contributed by atoms with Crippen molar-refractivity contribution in [3.63, 3.8) is 0 Å². The molecule has 0 aromatic rings. The van der Waals surface area contributed by atoms with E-state index < -0.39 is 0 Å². The zero-order chi connectivity index (χ0) is 12.8. The van der Waals surface area contributed by atoms with Crippen LogP contribution in [-0.2, 0) is 9.53 Å². The lowest BCUT2D eigenvalue weighted by atomic mass is 9.77. The molecule has 1 rings (SSSR count). The van der Waals surface area contributed by atoms with E-state index in [9.17, 15) is 4.79 Å². The van der Waals surface area contributed by atoms with Crippen LogP contribution in [0.1, 0.15) is 33.1 Å². The molecule has 0 heterocycles. The number of amides is 1. The molecule has 0 spiro atoms. The van der Waals surface area contributed by atoms with Crippen molar-refractivity contribution in [2.45, 2.75) is 39.2 Å². The van der Waals surface area contributed by atoms with Gasteiger partial charge in [-0.15, -0.1) is 0 Å². The van der Waals surface area contributed by atoms with Crippen LogP contribution in [0.4, 0.5) is 0 Å². The minimum absolute atomic E-state index is 0.00498. The number of carbonyl (C=O) groups is 1. The molecule has 0 aromatic heterocycles. The Morgan fingerprint density at radius 1 is 1.47 bits per heavy atom. The average molecular weight is 242 g/mol. The number of hydrogen-bond acceptors (Lipinski definition) is 3. The maximum Gasteiger partial charge on any atom is 0.227 e. The van der Waals surface area contributed by atoms with Gasteiger partial charge in [-0.3, -0.25) is 4.79 Å². The van der Waals surface area contributed by atoms with Crippen LogP contribution in [0.3, 0.4) is 0 Å². The maximum absolute atomic E-state index is 12.2. The first-order chi connectivity index (χ1) is 8.07. The molecule has 4 heteroatoms. The van der Waals surface area contributed by atoms with Crippen LogP contribution in [0.5, 0.6) is 0 Å². The quantitative estimate of drug-likeness (QED) is 0.738. The third kappa shape index (κ3) is 3.96. The summed E-state index contributed by atoms with van der Waals surface area (Å²) in [7, 11) is 1.84. The SMILES string of the molecule is CCOCCN(C)C(=O)C1CCCC(C)C1N. The summed E-state index contributed by atoms with van der Waals surface area (Å²) in [6.45, 7) is 6.06. The Kier molecular flexibility index (Phi) is 5.92. The van der Waals surface area contributed by atoms with Gasteiger partial charge in [0.1, 0.15) is 0 Å². The lowest BCUT2D eigenvalue weighted by molar-refractivity contribution is -0.137. The average Bonchev–Trinajstić information content (AvgIpc) is 2.32. The van der Waals surface area contributed by atoms with Crippen LogP contribution in [-0.4, -0.2) is 43.7 Å². The standard InChI is InChI=1S/C13H26N2O2/c1-4-17-9-8-15(3)13(16)11-7-5-6-10(2)12(11)14/h10-12H,4-9,14H2,1-3H3. The minimum atomic E-state index is 0.00498. The van der Waals surface area contributed by atoms with E-state index in [1.54, 1.807) is 4.90 Å². The fourth-order valence-electron chi connectivity index (χ4n) is 2.47. The number of nitrogens with zero attached hydrogens (tertiary/aromatic N) is 1. The minimum Gasteiger partial charge on any atom is -0.380 e. The second kappa shape index (κ2) is 6.97. The van der Waals surface area contributed by atoms with E-state index in [1.807, 2.05) is 14.0 Å². The molecule has 4 nitrogen and oxygen atoms in total. The van der Waals surface area contributed by atoms with Gasteiger partial charge < -0.3 is 15.4 Å². The normalized spacial score (nSPS) is 29.1. The number of ether oxygens (including phenoxy) is 1. The highest BCUT2D eigenvalue weighted by molar-refractivity contribution is 5.79. The fourth-order valence-corrected chi connectivity index (χ4v) is 2.47. The van der Waals surface area contributed by atoms with E-state index in [2.05, 4.69) is 6.92 Å². The number of hydrogen-bond donors (Lipinski definition) is 1. The largest absolute Gasteiger partial charge is 0.380 e. The molecular weight excluding hydrogens is 216 g/mol. The highest BCUT2D eigenvalue weighted by Crippen LogP contribution is 2.28. The van der Waals surface area contributed by atoms with Crippen LogP contribution >= 0.6 is 0 Å². The van der Waals surface area contributed by atoms with Crippen molar-refractivity contribution in [2.24, 2.45) is 17.6 Å². The second-order valence-electron chi connectivity index (χ2n) is 5.05. The number of likely N-dealkylation sites (N-methyl/N-ethyl adjacent to an activating group) is 1. The Morgan fingerprint density at radius 2 is 2.18 bits per heavy atom.